The Bertz CT molecular complexity index is 506. The van der Waals surface area contributed by atoms with Crippen LogP contribution >= 0.6 is 0 Å². The van der Waals surface area contributed by atoms with Crippen LogP contribution in [0.1, 0.15) is 42.6 Å². The van der Waals surface area contributed by atoms with Gasteiger partial charge in [0.25, 0.3) is 5.91 Å². The normalized spacial score (nSPS) is 21.6. The number of benzene rings is 1. The molecule has 1 saturated heterocycles. The Morgan fingerprint density at radius 2 is 2.30 bits per heavy atom. The van der Waals surface area contributed by atoms with Crippen LogP contribution in [0.3, 0.4) is 0 Å². The van der Waals surface area contributed by atoms with Crippen LogP contribution in [-0.2, 0) is 11.3 Å². The molecule has 0 spiro atoms. The lowest BCUT2D eigenvalue weighted by Gasteiger charge is -2.19. The summed E-state index contributed by atoms with van der Waals surface area (Å²) in [5.41, 5.74) is 1.87. The molecule has 4 heteroatoms. The van der Waals surface area contributed by atoms with Crippen molar-refractivity contribution in [3.05, 3.63) is 29.3 Å². The lowest BCUT2D eigenvalue weighted by Crippen LogP contribution is -2.30. The molecule has 20 heavy (non-hydrogen) atoms. The third-order valence-electron chi connectivity index (χ3n) is 4.00. The number of carbonyl (C=O) groups is 1. The zero-order valence-corrected chi connectivity index (χ0v) is 12.1. The Hall–Kier alpha value is -1.55. The second-order valence-corrected chi connectivity index (χ2v) is 5.79. The lowest BCUT2D eigenvalue weighted by atomic mass is 10.1. The monoisotopic (exact) mass is 275 g/mol. The third-order valence-corrected chi connectivity index (χ3v) is 4.00. The van der Waals surface area contributed by atoms with Crippen molar-refractivity contribution in [1.29, 1.82) is 0 Å². The quantitative estimate of drug-likeness (QED) is 0.848. The lowest BCUT2D eigenvalue weighted by molar-refractivity contribution is 0.0678. The van der Waals surface area contributed by atoms with Crippen molar-refractivity contribution in [3.63, 3.8) is 0 Å². The van der Waals surface area contributed by atoms with Gasteiger partial charge in [0.15, 0.2) is 0 Å². The van der Waals surface area contributed by atoms with E-state index in [9.17, 15) is 4.79 Å². The second kappa shape index (κ2) is 5.44. The van der Waals surface area contributed by atoms with E-state index >= 15 is 0 Å². The summed E-state index contributed by atoms with van der Waals surface area (Å²) in [6.07, 6.45) is 2.37. The van der Waals surface area contributed by atoms with Gasteiger partial charge >= 0.3 is 0 Å². The highest BCUT2D eigenvalue weighted by molar-refractivity contribution is 5.98. The number of hydrogen-bond donors (Lipinski definition) is 0. The highest BCUT2D eigenvalue weighted by atomic mass is 16.5. The van der Waals surface area contributed by atoms with Crippen LogP contribution in [-0.4, -0.2) is 36.2 Å². The minimum Gasteiger partial charge on any atom is -0.491 e. The average Bonchev–Trinajstić information content (AvgIpc) is 3.05. The summed E-state index contributed by atoms with van der Waals surface area (Å²) >= 11 is 0. The standard InChI is InChI=1S/C16H21NO3/c1-11(2)17-9-12-5-6-13(8-15(12)16(17)18)20-10-14-4-3-7-19-14/h5-6,8,11,14H,3-4,7,9-10H2,1-2H3. The van der Waals surface area contributed by atoms with Gasteiger partial charge < -0.3 is 14.4 Å². The van der Waals surface area contributed by atoms with Gasteiger partial charge in [-0.15, -0.1) is 0 Å². The highest BCUT2D eigenvalue weighted by Crippen LogP contribution is 2.28. The fraction of sp³-hybridized carbons (Fsp3) is 0.562. The van der Waals surface area contributed by atoms with Crippen LogP contribution in [0.2, 0.25) is 0 Å². The smallest absolute Gasteiger partial charge is 0.254 e. The van der Waals surface area contributed by atoms with E-state index < -0.39 is 0 Å². The Labute approximate surface area is 119 Å². The summed E-state index contributed by atoms with van der Waals surface area (Å²) in [6.45, 7) is 6.19. The Balaban J connectivity index is 1.69. The van der Waals surface area contributed by atoms with Crippen molar-refractivity contribution < 1.29 is 14.3 Å². The number of hydrogen-bond acceptors (Lipinski definition) is 3. The van der Waals surface area contributed by atoms with Crippen LogP contribution < -0.4 is 4.74 Å². The molecule has 0 radical (unpaired) electrons. The summed E-state index contributed by atoms with van der Waals surface area (Å²) in [6, 6.07) is 6.05. The highest BCUT2D eigenvalue weighted by Gasteiger charge is 2.29. The molecule has 108 valence electrons. The first-order valence-corrected chi connectivity index (χ1v) is 7.33. The van der Waals surface area contributed by atoms with Crippen LogP contribution in [0.5, 0.6) is 5.75 Å². The number of amides is 1. The van der Waals surface area contributed by atoms with Crippen LogP contribution in [0.4, 0.5) is 0 Å². The number of nitrogens with zero attached hydrogens (tertiary/aromatic N) is 1. The number of rotatable bonds is 4. The molecule has 1 amide bonds. The topological polar surface area (TPSA) is 38.8 Å². The molecule has 1 atom stereocenters. The van der Waals surface area contributed by atoms with E-state index in [0.29, 0.717) is 13.2 Å². The van der Waals surface area contributed by atoms with Gasteiger partial charge in [-0.1, -0.05) is 6.07 Å². The first kappa shape index (κ1) is 13.4. The van der Waals surface area contributed by atoms with Gasteiger partial charge in [0.05, 0.1) is 6.10 Å². The van der Waals surface area contributed by atoms with E-state index in [4.69, 9.17) is 9.47 Å². The summed E-state index contributed by atoms with van der Waals surface area (Å²) in [7, 11) is 0. The van der Waals surface area contributed by atoms with Crippen LogP contribution in [0.25, 0.3) is 0 Å². The zero-order chi connectivity index (χ0) is 14.1. The minimum absolute atomic E-state index is 0.109. The van der Waals surface area contributed by atoms with Crippen molar-refractivity contribution in [2.24, 2.45) is 0 Å². The molecule has 0 bridgehead atoms. The molecular weight excluding hydrogens is 254 g/mol. The summed E-state index contributed by atoms with van der Waals surface area (Å²) in [4.78, 5) is 14.2. The number of ether oxygens (including phenoxy) is 2. The summed E-state index contributed by atoms with van der Waals surface area (Å²) < 4.78 is 11.3. The van der Waals surface area contributed by atoms with E-state index in [0.717, 1.165) is 36.3 Å². The first-order valence-electron chi connectivity index (χ1n) is 7.33. The molecule has 0 aromatic heterocycles. The van der Waals surface area contributed by atoms with Crippen molar-refractivity contribution in [2.45, 2.75) is 45.4 Å². The molecule has 1 unspecified atom stereocenters. The molecule has 2 aliphatic rings. The molecule has 0 saturated carbocycles. The van der Waals surface area contributed by atoms with E-state index in [2.05, 4.69) is 0 Å². The maximum absolute atomic E-state index is 12.3. The molecule has 1 aromatic rings. The van der Waals surface area contributed by atoms with E-state index in [1.165, 1.54) is 0 Å². The molecule has 4 nitrogen and oxygen atoms in total. The van der Waals surface area contributed by atoms with E-state index in [1.54, 1.807) is 0 Å². The van der Waals surface area contributed by atoms with Crippen molar-refractivity contribution in [3.8, 4) is 5.75 Å². The molecule has 2 aliphatic heterocycles. The van der Waals surface area contributed by atoms with Crippen molar-refractivity contribution in [1.82, 2.24) is 4.90 Å². The van der Waals surface area contributed by atoms with Crippen LogP contribution in [0, 0.1) is 0 Å². The average molecular weight is 275 g/mol. The molecule has 1 aromatic carbocycles. The van der Waals surface area contributed by atoms with Gasteiger partial charge in [-0.3, -0.25) is 4.79 Å². The SMILES string of the molecule is CC(C)N1Cc2ccc(OCC3CCCO3)cc2C1=O. The Morgan fingerprint density at radius 3 is 3.00 bits per heavy atom. The first-order chi connectivity index (χ1) is 9.65. The fourth-order valence-electron chi connectivity index (χ4n) is 2.77. The van der Waals surface area contributed by atoms with Crippen molar-refractivity contribution in [2.75, 3.05) is 13.2 Å². The third kappa shape index (κ3) is 2.52. The largest absolute Gasteiger partial charge is 0.491 e. The fourth-order valence-corrected chi connectivity index (χ4v) is 2.77. The van der Waals surface area contributed by atoms with Gasteiger partial charge in [0.2, 0.25) is 0 Å². The molecule has 0 N–H and O–H groups in total. The minimum atomic E-state index is 0.109. The molecule has 3 rings (SSSR count). The van der Waals surface area contributed by atoms with Crippen molar-refractivity contribution >= 4 is 5.91 Å². The predicted octanol–water partition coefficient (Wildman–Crippen LogP) is 2.61. The number of fused-ring (bicyclic) bond motifs is 1. The maximum Gasteiger partial charge on any atom is 0.254 e. The van der Waals surface area contributed by atoms with Gasteiger partial charge in [0, 0.05) is 24.8 Å². The van der Waals surface area contributed by atoms with Gasteiger partial charge in [0.1, 0.15) is 12.4 Å². The molecule has 0 aliphatic carbocycles. The Morgan fingerprint density at radius 1 is 1.45 bits per heavy atom. The second-order valence-electron chi connectivity index (χ2n) is 5.79. The van der Waals surface area contributed by atoms with Gasteiger partial charge in [-0.05, 0) is 44.4 Å². The molecule has 1 fully saturated rings. The molecular formula is C16H21NO3. The van der Waals surface area contributed by atoms with E-state index in [-0.39, 0.29) is 18.1 Å². The summed E-state index contributed by atoms with van der Waals surface area (Å²) in [5.74, 6) is 0.871. The maximum atomic E-state index is 12.3. The van der Waals surface area contributed by atoms with Gasteiger partial charge in [-0.25, -0.2) is 0 Å². The predicted molar refractivity (Wildman–Crippen MR) is 75.9 cm³/mol. The van der Waals surface area contributed by atoms with E-state index in [1.807, 2.05) is 36.9 Å². The van der Waals surface area contributed by atoms with Crippen LogP contribution in [0.15, 0.2) is 18.2 Å². The van der Waals surface area contributed by atoms with Gasteiger partial charge in [-0.2, -0.15) is 0 Å². The molecule has 2 heterocycles. The number of carbonyl (C=O) groups excluding carboxylic acids is 1. The summed E-state index contributed by atoms with van der Waals surface area (Å²) in [5, 5.41) is 0. The zero-order valence-electron chi connectivity index (χ0n) is 12.1. The Kier molecular flexibility index (Phi) is 3.66.